The van der Waals surface area contributed by atoms with E-state index in [4.69, 9.17) is 4.74 Å². The third-order valence-electron chi connectivity index (χ3n) is 4.80. The predicted octanol–water partition coefficient (Wildman–Crippen LogP) is 4.70. The summed E-state index contributed by atoms with van der Waals surface area (Å²) in [5.74, 6) is 0.157. The number of hydrogen-bond donors (Lipinski definition) is 1. The first-order valence-electron chi connectivity index (χ1n) is 10.4. The second kappa shape index (κ2) is 11.2. The fourth-order valence-electron chi connectivity index (χ4n) is 3.10. The van der Waals surface area contributed by atoms with Gasteiger partial charge in [-0.15, -0.1) is 11.3 Å². The topological polar surface area (TPSA) is 71.5 Å². The number of benzene rings is 2. The average molecular weight is 450 g/mol. The molecule has 6 nitrogen and oxygen atoms in total. The van der Waals surface area contributed by atoms with Crippen LogP contribution in [0.1, 0.15) is 28.8 Å². The van der Waals surface area contributed by atoms with Crippen molar-refractivity contribution in [1.82, 2.24) is 9.88 Å². The van der Waals surface area contributed by atoms with E-state index in [0.29, 0.717) is 12.4 Å². The zero-order valence-corrected chi connectivity index (χ0v) is 19.3. The number of rotatable bonds is 9. The molecule has 0 radical (unpaired) electrons. The van der Waals surface area contributed by atoms with Gasteiger partial charge >= 0.3 is 0 Å². The molecule has 0 unspecified atom stereocenters. The van der Waals surface area contributed by atoms with Crippen LogP contribution < -0.4 is 10.1 Å². The Morgan fingerprint density at radius 2 is 1.91 bits per heavy atom. The van der Waals surface area contributed by atoms with Gasteiger partial charge in [-0.3, -0.25) is 9.59 Å². The number of nitrogens with zero attached hydrogens (tertiary/aromatic N) is 2. The molecule has 0 aliphatic rings. The Hall–Kier alpha value is -3.45. The van der Waals surface area contributed by atoms with E-state index in [9.17, 15) is 9.59 Å². The van der Waals surface area contributed by atoms with Crippen molar-refractivity contribution in [2.45, 2.75) is 26.9 Å². The minimum Gasteiger partial charge on any atom is -0.487 e. The number of carbonyl (C=O) groups excluding carboxylic acids is 2. The molecule has 3 rings (SSSR count). The van der Waals surface area contributed by atoms with Gasteiger partial charge in [-0.2, -0.15) is 0 Å². The van der Waals surface area contributed by atoms with Crippen LogP contribution in [0.4, 0.5) is 5.69 Å². The van der Waals surface area contributed by atoms with E-state index in [1.54, 1.807) is 24.5 Å². The first kappa shape index (κ1) is 23.2. The molecule has 2 aromatic carbocycles. The molecule has 0 bridgehead atoms. The van der Waals surface area contributed by atoms with Gasteiger partial charge in [0.2, 0.25) is 11.8 Å². The summed E-state index contributed by atoms with van der Waals surface area (Å²) < 4.78 is 5.89. The largest absolute Gasteiger partial charge is 0.487 e. The first-order chi connectivity index (χ1) is 15.5. The fraction of sp³-hybridized carbons (Fsp3) is 0.240. The van der Waals surface area contributed by atoms with Crippen molar-refractivity contribution in [1.29, 1.82) is 0 Å². The number of anilines is 1. The second-order valence-corrected chi connectivity index (χ2v) is 8.33. The summed E-state index contributed by atoms with van der Waals surface area (Å²) >= 11 is 1.58. The number of amides is 2. The maximum atomic E-state index is 12.5. The summed E-state index contributed by atoms with van der Waals surface area (Å²) in [5.41, 5.74) is 3.48. The maximum Gasteiger partial charge on any atom is 0.246 e. The molecule has 32 heavy (non-hydrogen) atoms. The van der Waals surface area contributed by atoms with Gasteiger partial charge in [-0.25, -0.2) is 4.98 Å². The summed E-state index contributed by atoms with van der Waals surface area (Å²) in [6, 6.07) is 15.1. The summed E-state index contributed by atoms with van der Waals surface area (Å²) in [4.78, 5) is 30.7. The standard InChI is InChI=1S/C25H27N3O3S/c1-4-19-9-5-7-11-22(19)27-24(29)15-28(3)25(30)14-13-20-10-6-8-12-23(20)31-16-21-17-32-18(2)26-21/h5-14,17H,4,15-16H2,1-3H3,(H,27,29)/b14-13+. The molecule has 0 spiro atoms. The van der Waals surface area contributed by atoms with Crippen LogP contribution in [0.2, 0.25) is 0 Å². The number of para-hydroxylation sites is 2. The molecular formula is C25H27N3O3S. The van der Waals surface area contributed by atoms with Crippen LogP contribution in [0.5, 0.6) is 5.75 Å². The highest BCUT2D eigenvalue weighted by Gasteiger charge is 2.12. The van der Waals surface area contributed by atoms with Gasteiger partial charge in [0.25, 0.3) is 0 Å². The Labute approximate surface area is 192 Å². The zero-order chi connectivity index (χ0) is 22.9. The van der Waals surface area contributed by atoms with Gasteiger partial charge in [0, 0.05) is 29.8 Å². The van der Waals surface area contributed by atoms with Crippen molar-refractivity contribution < 1.29 is 14.3 Å². The van der Waals surface area contributed by atoms with Crippen molar-refractivity contribution in [3.63, 3.8) is 0 Å². The van der Waals surface area contributed by atoms with Crippen molar-refractivity contribution in [2.24, 2.45) is 0 Å². The zero-order valence-electron chi connectivity index (χ0n) is 18.5. The van der Waals surface area contributed by atoms with E-state index in [1.807, 2.05) is 67.8 Å². The molecular weight excluding hydrogens is 422 g/mol. The molecule has 0 aliphatic carbocycles. The minimum absolute atomic E-state index is 0.0391. The number of nitrogens with one attached hydrogen (secondary N) is 1. The highest BCUT2D eigenvalue weighted by molar-refractivity contribution is 7.09. The molecule has 0 fully saturated rings. The number of likely N-dealkylation sites (N-methyl/N-ethyl adjacent to an activating group) is 1. The van der Waals surface area contributed by atoms with E-state index >= 15 is 0 Å². The smallest absolute Gasteiger partial charge is 0.246 e. The van der Waals surface area contributed by atoms with Gasteiger partial charge in [0.15, 0.2) is 0 Å². The van der Waals surface area contributed by atoms with Crippen molar-refractivity contribution in [3.05, 3.63) is 81.8 Å². The third-order valence-corrected chi connectivity index (χ3v) is 5.62. The molecule has 1 N–H and O–H groups in total. The van der Waals surface area contributed by atoms with Gasteiger partial charge < -0.3 is 15.0 Å². The molecule has 0 saturated carbocycles. The van der Waals surface area contributed by atoms with E-state index in [1.165, 1.54) is 11.0 Å². The SMILES string of the molecule is CCc1ccccc1NC(=O)CN(C)C(=O)/C=C/c1ccccc1OCc1csc(C)n1. The molecule has 1 heterocycles. The normalized spacial score (nSPS) is 10.8. The molecule has 1 aromatic heterocycles. The van der Waals surface area contributed by atoms with Gasteiger partial charge in [0.05, 0.1) is 17.2 Å². The average Bonchev–Trinajstić information content (AvgIpc) is 3.21. The maximum absolute atomic E-state index is 12.5. The second-order valence-electron chi connectivity index (χ2n) is 7.27. The molecule has 7 heteroatoms. The van der Waals surface area contributed by atoms with Crippen LogP contribution in [0.25, 0.3) is 6.08 Å². The van der Waals surface area contributed by atoms with Crippen molar-refractivity contribution in [3.8, 4) is 5.75 Å². The highest BCUT2D eigenvalue weighted by atomic mass is 32.1. The van der Waals surface area contributed by atoms with E-state index in [2.05, 4.69) is 10.3 Å². The van der Waals surface area contributed by atoms with Crippen LogP contribution in [-0.2, 0) is 22.6 Å². The van der Waals surface area contributed by atoms with Crippen molar-refractivity contribution >= 4 is 34.9 Å². The van der Waals surface area contributed by atoms with Gasteiger partial charge in [0.1, 0.15) is 12.4 Å². The fourth-order valence-corrected chi connectivity index (χ4v) is 3.70. The number of hydrogen-bond acceptors (Lipinski definition) is 5. The number of thiazole rings is 1. The lowest BCUT2D eigenvalue weighted by Gasteiger charge is -2.16. The number of ether oxygens (including phenoxy) is 1. The number of carbonyl (C=O) groups is 2. The molecule has 3 aromatic rings. The number of aryl methyl sites for hydroxylation is 2. The Bertz CT molecular complexity index is 1110. The molecule has 166 valence electrons. The summed E-state index contributed by atoms with van der Waals surface area (Å²) in [6.45, 7) is 4.31. The van der Waals surface area contributed by atoms with E-state index < -0.39 is 0 Å². The van der Waals surface area contributed by atoms with Gasteiger partial charge in [-0.1, -0.05) is 43.3 Å². The van der Waals surface area contributed by atoms with Crippen LogP contribution in [0, 0.1) is 6.92 Å². The Morgan fingerprint density at radius 1 is 1.16 bits per heavy atom. The van der Waals surface area contributed by atoms with Crippen LogP contribution >= 0.6 is 11.3 Å². The lowest BCUT2D eigenvalue weighted by molar-refractivity contribution is -0.129. The molecule has 0 atom stereocenters. The van der Waals surface area contributed by atoms with Crippen molar-refractivity contribution in [2.75, 3.05) is 18.9 Å². The predicted molar refractivity (Wildman–Crippen MR) is 129 cm³/mol. The minimum atomic E-state index is -0.270. The first-order valence-corrected chi connectivity index (χ1v) is 11.3. The summed E-state index contributed by atoms with van der Waals surface area (Å²) in [5, 5.41) is 5.84. The Morgan fingerprint density at radius 3 is 2.66 bits per heavy atom. The van der Waals surface area contributed by atoms with E-state index in [-0.39, 0.29) is 18.4 Å². The Balaban J connectivity index is 1.57. The number of aromatic nitrogens is 1. The quantitative estimate of drug-likeness (QED) is 0.481. The van der Waals surface area contributed by atoms with Gasteiger partial charge in [-0.05, 0) is 37.1 Å². The highest BCUT2D eigenvalue weighted by Crippen LogP contribution is 2.21. The molecule has 0 saturated heterocycles. The molecule has 2 amide bonds. The lowest BCUT2D eigenvalue weighted by atomic mass is 10.1. The third kappa shape index (κ3) is 6.52. The summed E-state index contributed by atoms with van der Waals surface area (Å²) in [7, 11) is 1.60. The van der Waals surface area contributed by atoms with Crippen LogP contribution in [0.3, 0.4) is 0 Å². The lowest BCUT2D eigenvalue weighted by Crippen LogP contribution is -2.34. The van der Waals surface area contributed by atoms with E-state index in [0.717, 1.165) is 33.9 Å². The molecule has 0 aliphatic heterocycles. The van der Waals surface area contributed by atoms with Crippen LogP contribution in [0.15, 0.2) is 60.0 Å². The summed E-state index contributed by atoms with van der Waals surface area (Å²) in [6.07, 6.45) is 3.96. The monoisotopic (exact) mass is 449 g/mol. The van der Waals surface area contributed by atoms with Crippen LogP contribution in [-0.4, -0.2) is 35.3 Å². The Kier molecular flexibility index (Phi) is 8.16.